The number of hydrogen-bond donors (Lipinski definition) is 3. The summed E-state index contributed by atoms with van der Waals surface area (Å²) in [6, 6.07) is 20.0. The second kappa shape index (κ2) is 43.1. The molecule has 8 saturated carbocycles. The fourth-order valence-corrected chi connectivity index (χ4v) is 23.3. The number of hydrogen-bond acceptors (Lipinski definition) is 10. The Kier molecular flexibility index (Phi) is 35.6. The van der Waals surface area contributed by atoms with Gasteiger partial charge in [0, 0.05) is 36.9 Å². The van der Waals surface area contributed by atoms with Gasteiger partial charge in [0.15, 0.2) is 0 Å². The number of nitrogens with zero attached hydrogens (tertiary/aromatic N) is 2. The number of halogens is 1. The summed E-state index contributed by atoms with van der Waals surface area (Å²) in [4.78, 5) is 30.6. The van der Waals surface area contributed by atoms with Crippen molar-refractivity contribution in [2.75, 3.05) is 51.3 Å². The van der Waals surface area contributed by atoms with Crippen LogP contribution in [0.15, 0.2) is 111 Å². The van der Waals surface area contributed by atoms with E-state index in [1.165, 1.54) is 70.6 Å². The zero-order chi connectivity index (χ0) is 75.6. The van der Waals surface area contributed by atoms with Crippen LogP contribution in [0.3, 0.4) is 0 Å². The number of carbonyl (C=O) groups excluding carboxylic acids is 2. The summed E-state index contributed by atoms with van der Waals surface area (Å²) in [7, 11) is 0. The Morgan fingerprint density at radius 2 is 0.971 bits per heavy atom. The summed E-state index contributed by atoms with van der Waals surface area (Å²) in [5.74, 6) is 5.38. The van der Waals surface area contributed by atoms with Gasteiger partial charge in [-0.15, -0.1) is 26.3 Å². The number of rotatable bonds is 38. The third-order valence-electron chi connectivity index (χ3n) is 29.0. The lowest BCUT2D eigenvalue weighted by atomic mass is 9.43. The van der Waals surface area contributed by atoms with Crippen LogP contribution in [0.2, 0.25) is 0 Å². The molecule has 8 aliphatic rings. The topological polar surface area (TPSA) is 147 Å². The van der Waals surface area contributed by atoms with Crippen LogP contribution in [-0.2, 0) is 36.9 Å². The van der Waals surface area contributed by atoms with E-state index in [0.29, 0.717) is 111 Å². The molecule has 2 amide bonds. The van der Waals surface area contributed by atoms with Gasteiger partial charge < -0.3 is 48.8 Å². The molecule has 105 heavy (non-hydrogen) atoms. The van der Waals surface area contributed by atoms with Crippen LogP contribution < -0.4 is 0 Å². The quantitative estimate of drug-likeness (QED) is 0.0337. The van der Waals surface area contributed by atoms with Gasteiger partial charge in [0.05, 0.1) is 56.4 Å². The van der Waals surface area contributed by atoms with E-state index in [-0.39, 0.29) is 70.3 Å². The zero-order valence-electron chi connectivity index (χ0n) is 67.1. The van der Waals surface area contributed by atoms with E-state index in [1.807, 2.05) is 88.7 Å². The summed E-state index contributed by atoms with van der Waals surface area (Å²) in [5.41, 5.74) is 2.26. The number of fused-ring (bicyclic) bond motifs is 10. The van der Waals surface area contributed by atoms with Crippen molar-refractivity contribution in [2.24, 2.45) is 92.7 Å². The van der Waals surface area contributed by atoms with Crippen molar-refractivity contribution >= 4 is 28.1 Å². The first-order valence-corrected chi connectivity index (χ1v) is 43.6. The lowest BCUT2D eigenvalue weighted by Crippen LogP contribution is -2.63. The Hall–Kier alpha value is -3.82. The van der Waals surface area contributed by atoms with Crippen molar-refractivity contribution in [1.82, 2.24) is 9.80 Å². The van der Waals surface area contributed by atoms with Crippen molar-refractivity contribution in [3.63, 3.8) is 0 Å². The number of alkyl halides is 1. The molecule has 4 unspecified atom stereocenters. The largest absolute Gasteiger partial charge is 0.445 e. The molecule has 0 radical (unpaired) electrons. The maximum absolute atomic E-state index is 13.5. The SMILES string of the molecule is C=CCBr.C=CCO[C@@H]1CC[C@@]2(C)[C@@H](C1)C[C@@H](OCC=C)C1[C@@H]2C[C@H](OCC=C)[C@]2(C)[C@@H](C(C)CCCN(CCCCCCCC)C(=O)OCc3ccccc3)CC[C@@H]12.CCCCCCCCN(CCCC(C)[C@H]1CC[C@H]2C3[C@H](O)C[C@@H]4C[C@H](O)CC[C@]4(C)[C@H]3C[C@H](O)[C@]12C)C(=O)OCc1ccccc1. The zero-order valence-corrected chi connectivity index (χ0v) is 68.6. The minimum atomic E-state index is -0.361. The van der Waals surface area contributed by atoms with Gasteiger partial charge in [-0.05, 0) is 227 Å². The molecule has 22 atom stereocenters. The summed E-state index contributed by atoms with van der Waals surface area (Å²) < 4.78 is 31.7. The minimum Gasteiger partial charge on any atom is -0.445 e. The van der Waals surface area contributed by atoms with E-state index in [2.05, 4.69) is 97.6 Å². The molecular formula is C92H147BrN2O10. The average Bonchev–Trinajstić information content (AvgIpc) is 1.66. The monoisotopic (exact) mass is 1520 g/mol. The van der Waals surface area contributed by atoms with Gasteiger partial charge >= 0.3 is 12.2 Å². The van der Waals surface area contributed by atoms with E-state index in [4.69, 9.17) is 23.7 Å². The Labute approximate surface area is 647 Å². The maximum Gasteiger partial charge on any atom is 0.410 e. The molecule has 3 N–H and O–H groups in total. The van der Waals surface area contributed by atoms with Gasteiger partial charge in [-0.3, -0.25) is 0 Å². The smallest absolute Gasteiger partial charge is 0.410 e. The average molecular weight is 1520 g/mol. The molecule has 12 nitrogen and oxygen atoms in total. The number of benzene rings is 2. The molecular weight excluding hydrogens is 1370 g/mol. The summed E-state index contributed by atoms with van der Waals surface area (Å²) in [6.45, 7) is 40.1. The molecule has 592 valence electrons. The van der Waals surface area contributed by atoms with Crippen LogP contribution in [0.1, 0.15) is 259 Å². The van der Waals surface area contributed by atoms with Gasteiger partial charge in [0.1, 0.15) is 13.2 Å². The number of unbranched alkanes of at least 4 members (excludes halogenated alkanes) is 10. The second-order valence-corrected chi connectivity index (χ2v) is 35.7. The van der Waals surface area contributed by atoms with E-state index in [0.717, 1.165) is 158 Å². The third-order valence-corrected chi connectivity index (χ3v) is 29.5. The van der Waals surface area contributed by atoms with Crippen LogP contribution in [0.4, 0.5) is 9.59 Å². The molecule has 0 saturated heterocycles. The lowest BCUT2D eigenvalue weighted by Gasteiger charge is -2.64. The van der Waals surface area contributed by atoms with Crippen LogP contribution in [0, 0.1) is 92.7 Å². The fraction of sp³-hybridized carbons (Fsp3) is 0.761. The summed E-state index contributed by atoms with van der Waals surface area (Å²) in [5, 5.41) is 34.9. The number of amides is 2. The molecule has 2 aromatic rings. The van der Waals surface area contributed by atoms with Gasteiger partial charge in [0.25, 0.3) is 0 Å². The van der Waals surface area contributed by atoms with Crippen molar-refractivity contribution < 1.29 is 48.6 Å². The molecule has 0 heterocycles. The summed E-state index contributed by atoms with van der Waals surface area (Å²) >= 11 is 3.13. The van der Waals surface area contributed by atoms with Gasteiger partial charge in [0.2, 0.25) is 0 Å². The molecule has 13 heteroatoms. The number of aliphatic hydroxyl groups is 3. The Bertz CT molecular complexity index is 2880. The molecule has 10 rings (SSSR count). The predicted octanol–water partition coefficient (Wildman–Crippen LogP) is 21.9. The molecule has 0 bridgehead atoms. The van der Waals surface area contributed by atoms with Gasteiger partial charge in [-0.25, -0.2) is 9.59 Å². The molecule has 0 aromatic heterocycles. The van der Waals surface area contributed by atoms with Gasteiger partial charge in [-0.2, -0.15) is 0 Å². The highest BCUT2D eigenvalue weighted by Gasteiger charge is 2.68. The number of aliphatic hydroxyl groups excluding tert-OH is 3. The first-order chi connectivity index (χ1) is 50.7. The Balaban J connectivity index is 0.000000256. The normalized spacial score (nSPS) is 34.0. The van der Waals surface area contributed by atoms with Crippen molar-refractivity contribution in [2.45, 2.75) is 298 Å². The van der Waals surface area contributed by atoms with E-state index >= 15 is 0 Å². The fourth-order valence-electron chi connectivity index (χ4n) is 23.3. The van der Waals surface area contributed by atoms with Crippen LogP contribution in [0.25, 0.3) is 0 Å². The molecule has 8 fully saturated rings. The number of ether oxygens (including phenoxy) is 5. The molecule has 8 aliphatic carbocycles. The molecule has 0 aliphatic heterocycles. The van der Waals surface area contributed by atoms with E-state index in [1.54, 1.807) is 6.08 Å². The minimum absolute atomic E-state index is 0.0552. The highest BCUT2D eigenvalue weighted by molar-refractivity contribution is 9.09. The summed E-state index contributed by atoms with van der Waals surface area (Å²) in [6.07, 6.45) is 39.9. The lowest BCUT2D eigenvalue weighted by molar-refractivity contribution is -0.223. The number of carbonyl (C=O) groups is 2. The van der Waals surface area contributed by atoms with Crippen molar-refractivity contribution in [1.29, 1.82) is 0 Å². The van der Waals surface area contributed by atoms with E-state index < -0.39 is 0 Å². The Morgan fingerprint density at radius 3 is 1.50 bits per heavy atom. The van der Waals surface area contributed by atoms with Crippen molar-refractivity contribution in [3.8, 4) is 0 Å². The highest BCUT2D eigenvalue weighted by Crippen LogP contribution is 2.71. The first-order valence-electron chi connectivity index (χ1n) is 42.5. The van der Waals surface area contributed by atoms with Crippen LogP contribution in [-0.4, -0.2) is 125 Å². The highest BCUT2D eigenvalue weighted by atomic mass is 79.9. The standard InChI is InChI=1S/C49H77NO5.C40H65NO5.C3H5Br/c1-8-12-13-14-15-19-28-50(47(51)55-36-38-22-17-16-18-23-38)29-20-21-37(5)41-24-25-42-46-43(35-45(49(41,42)7)54-32-11-4)48(6)27-26-40(52-30-9-2)33-39(48)34-44(46)53-31-10-3;1-5-6-7-8-9-13-22-41(38(45)46-27-29-16-11-10-12-17-29)23-14-15-28(2)32-18-19-33-37-34(26-36(44)40(32,33)4)39(3)21-20-31(42)24-30(39)25-35(37)43;1-2-3-4/h9-11,16-18,22-23,37,39-46H,2-4,8,12-15,19-21,24-36H2,1,5-7H3;10-12,16-17,28,30-37,42-44H,5-9,13-15,18-27H2,1-4H3;2H,1,3H2/t37?,39-,40+,41+,42-,43-,44+,45-,46?,48-,49+;28?,30-,31+,32+,33-,34-,35+,36-,37?,39-,40+;/m00./s1. The van der Waals surface area contributed by atoms with Gasteiger partial charge in [-0.1, -0.05) is 220 Å². The van der Waals surface area contributed by atoms with Crippen molar-refractivity contribution in [3.05, 3.63) is 122 Å². The van der Waals surface area contributed by atoms with E-state index in [9.17, 15) is 24.9 Å². The maximum atomic E-state index is 13.5. The third kappa shape index (κ3) is 22.1. The molecule has 0 spiro atoms. The van der Waals surface area contributed by atoms with Crippen LogP contribution in [0.5, 0.6) is 0 Å². The predicted molar refractivity (Wildman–Crippen MR) is 434 cm³/mol. The first kappa shape index (κ1) is 86.8. The van der Waals surface area contributed by atoms with Crippen LogP contribution >= 0.6 is 15.9 Å². The second-order valence-electron chi connectivity index (χ2n) is 35.1. The Morgan fingerprint density at radius 1 is 0.514 bits per heavy atom. The number of allylic oxidation sites excluding steroid dienone is 1. The molecule has 2 aromatic carbocycles.